The molecule has 0 N–H and O–H groups in total. The summed E-state index contributed by atoms with van der Waals surface area (Å²) in [6, 6.07) is 22.6. The Morgan fingerprint density at radius 3 is 2.06 bits per heavy atom. The summed E-state index contributed by atoms with van der Waals surface area (Å²) in [6.07, 6.45) is 7.53. The SMILES string of the molecule is C[C@@H](Cc1ccc(CCC2CCC(c3cc(F)c(Cl)c(F)c3)CC2)cc1)c1ccccc1. The van der Waals surface area contributed by atoms with E-state index in [1.54, 1.807) is 0 Å². The number of hydrogen-bond donors (Lipinski definition) is 0. The molecule has 0 saturated heterocycles. The van der Waals surface area contributed by atoms with Crippen LogP contribution in [0.3, 0.4) is 0 Å². The van der Waals surface area contributed by atoms with Crippen molar-refractivity contribution in [3.8, 4) is 0 Å². The van der Waals surface area contributed by atoms with E-state index in [1.165, 1.54) is 35.2 Å². The van der Waals surface area contributed by atoms with Gasteiger partial charge in [-0.2, -0.15) is 0 Å². The molecular weight excluding hydrogens is 422 g/mol. The van der Waals surface area contributed by atoms with Crippen molar-refractivity contribution in [2.45, 2.75) is 63.7 Å². The van der Waals surface area contributed by atoms with Gasteiger partial charge in [0, 0.05) is 0 Å². The molecule has 0 radical (unpaired) electrons. The number of benzene rings is 3. The van der Waals surface area contributed by atoms with E-state index in [-0.39, 0.29) is 5.92 Å². The molecule has 3 aromatic rings. The van der Waals surface area contributed by atoms with Gasteiger partial charge in [0.05, 0.1) is 0 Å². The van der Waals surface area contributed by atoms with E-state index in [4.69, 9.17) is 11.6 Å². The second-order valence-electron chi connectivity index (χ2n) is 9.39. The molecule has 0 amide bonds. The average Bonchev–Trinajstić information content (AvgIpc) is 2.82. The van der Waals surface area contributed by atoms with Gasteiger partial charge in [0.1, 0.15) is 16.7 Å². The van der Waals surface area contributed by atoms with Crippen LogP contribution in [0.15, 0.2) is 66.7 Å². The topological polar surface area (TPSA) is 0 Å². The summed E-state index contributed by atoms with van der Waals surface area (Å²) in [5, 5.41) is -0.400. The van der Waals surface area contributed by atoms with Gasteiger partial charge >= 0.3 is 0 Å². The summed E-state index contributed by atoms with van der Waals surface area (Å²) in [7, 11) is 0. The minimum Gasteiger partial charge on any atom is -0.205 e. The van der Waals surface area contributed by atoms with Crippen molar-refractivity contribution in [3.63, 3.8) is 0 Å². The highest BCUT2D eigenvalue weighted by molar-refractivity contribution is 6.30. The Labute approximate surface area is 195 Å². The monoisotopic (exact) mass is 452 g/mol. The fourth-order valence-electron chi connectivity index (χ4n) is 5.06. The van der Waals surface area contributed by atoms with Crippen LogP contribution in [0, 0.1) is 17.6 Å². The van der Waals surface area contributed by atoms with Crippen molar-refractivity contribution >= 4 is 11.6 Å². The molecule has 0 spiro atoms. The molecule has 0 unspecified atom stereocenters. The summed E-state index contributed by atoms with van der Waals surface area (Å²) in [5.74, 6) is 0.139. The molecule has 0 aliphatic heterocycles. The summed E-state index contributed by atoms with van der Waals surface area (Å²) in [5.41, 5.74) is 4.91. The van der Waals surface area contributed by atoms with Crippen LogP contribution in [-0.4, -0.2) is 0 Å². The Kier molecular flexibility index (Phi) is 7.63. The van der Waals surface area contributed by atoms with Crippen LogP contribution in [0.25, 0.3) is 0 Å². The molecular formula is C29H31ClF2. The van der Waals surface area contributed by atoms with Crippen LogP contribution < -0.4 is 0 Å². The Bertz CT molecular complexity index is 982. The lowest BCUT2D eigenvalue weighted by molar-refractivity contribution is 0.309. The van der Waals surface area contributed by atoms with E-state index in [1.807, 2.05) is 0 Å². The van der Waals surface area contributed by atoms with Gasteiger partial charge in [0.2, 0.25) is 0 Å². The molecule has 3 aromatic carbocycles. The first-order chi connectivity index (χ1) is 15.5. The second-order valence-corrected chi connectivity index (χ2v) is 9.77. The van der Waals surface area contributed by atoms with Crippen molar-refractivity contribution in [1.29, 1.82) is 0 Å². The lowest BCUT2D eigenvalue weighted by Crippen LogP contribution is -2.14. The van der Waals surface area contributed by atoms with Crippen LogP contribution in [0.1, 0.15) is 73.1 Å². The van der Waals surface area contributed by atoms with Crippen LogP contribution >= 0.6 is 11.6 Å². The standard InChI is InChI=1S/C29H31ClF2/c1-20(24-5-3-2-4-6-24)17-23-11-9-21(10-12-23)7-8-22-13-15-25(16-14-22)26-18-27(31)29(30)28(32)19-26/h2-6,9-12,18-20,22,25H,7-8,13-17H2,1H3/t20-,22?,25?/m0/s1. The number of halogens is 3. The average molecular weight is 453 g/mol. The fraction of sp³-hybridized carbons (Fsp3) is 0.379. The van der Waals surface area contributed by atoms with Gasteiger partial charge in [-0.25, -0.2) is 8.78 Å². The lowest BCUT2D eigenvalue weighted by atomic mass is 9.77. The predicted molar refractivity (Wildman–Crippen MR) is 129 cm³/mol. The van der Waals surface area contributed by atoms with E-state index in [0.29, 0.717) is 11.8 Å². The zero-order valence-corrected chi connectivity index (χ0v) is 19.4. The molecule has 32 heavy (non-hydrogen) atoms. The molecule has 1 aliphatic rings. The van der Waals surface area contributed by atoms with E-state index in [9.17, 15) is 8.78 Å². The normalized spacial score (nSPS) is 19.6. The van der Waals surface area contributed by atoms with Crippen molar-refractivity contribution in [2.75, 3.05) is 0 Å². The second kappa shape index (κ2) is 10.6. The summed E-state index contributed by atoms with van der Waals surface area (Å²) in [4.78, 5) is 0. The highest BCUT2D eigenvalue weighted by Crippen LogP contribution is 2.38. The number of hydrogen-bond acceptors (Lipinski definition) is 0. The van der Waals surface area contributed by atoms with Gasteiger partial charge in [-0.15, -0.1) is 0 Å². The summed E-state index contributed by atoms with van der Waals surface area (Å²) in [6.45, 7) is 2.28. The molecule has 1 atom stereocenters. The quantitative estimate of drug-likeness (QED) is 0.314. The molecule has 0 aromatic heterocycles. The van der Waals surface area contributed by atoms with Crippen LogP contribution in [0.5, 0.6) is 0 Å². The molecule has 1 fully saturated rings. The third-order valence-electron chi connectivity index (χ3n) is 7.10. The number of aryl methyl sites for hydroxylation is 1. The molecule has 168 valence electrons. The molecule has 0 nitrogen and oxygen atoms in total. The zero-order valence-electron chi connectivity index (χ0n) is 18.7. The van der Waals surface area contributed by atoms with E-state index < -0.39 is 16.7 Å². The largest absolute Gasteiger partial charge is 0.205 e. The van der Waals surface area contributed by atoms with Crippen LogP contribution in [0.4, 0.5) is 8.78 Å². The maximum Gasteiger partial charge on any atom is 0.145 e. The van der Waals surface area contributed by atoms with Crippen LogP contribution in [-0.2, 0) is 12.8 Å². The summed E-state index contributed by atoms with van der Waals surface area (Å²) >= 11 is 5.62. The molecule has 1 aliphatic carbocycles. The van der Waals surface area contributed by atoms with Crippen molar-refractivity contribution in [1.82, 2.24) is 0 Å². The zero-order chi connectivity index (χ0) is 22.5. The van der Waals surface area contributed by atoms with Gasteiger partial charge in [-0.1, -0.05) is 73.1 Å². The Morgan fingerprint density at radius 2 is 1.44 bits per heavy atom. The van der Waals surface area contributed by atoms with E-state index >= 15 is 0 Å². The Morgan fingerprint density at radius 1 is 0.844 bits per heavy atom. The maximum atomic E-state index is 13.8. The highest BCUT2D eigenvalue weighted by Gasteiger charge is 2.24. The first-order valence-corrected chi connectivity index (χ1v) is 12.1. The smallest absolute Gasteiger partial charge is 0.145 e. The third kappa shape index (κ3) is 5.78. The van der Waals surface area contributed by atoms with Crippen LogP contribution in [0.2, 0.25) is 5.02 Å². The first kappa shape index (κ1) is 23.0. The molecule has 0 heterocycles. The molecule has 1 saturated carbocycles. The molecule has 4 rings (SSSR count). The van der Waals surface area contributed by atoms with Crippen molar-refractivity contribution < 1.29 is 8.78 Å². The van der Waals surface area contributed by atoms with Gasteiger partial charge < -0.3 is 0 Å². The van der Waals surface area contributed by atoms with E-state index in [2.05, 4.69) is 61.5 Å². The minimum atomic E-state index is -0.648. The number of rotatable bonds is 7. The summed E-state index contributed by atoms with van der Waals surface area (Å²) < 4.78 is 27.6. The van der Waals surface area contributed by atoms with Gasteiger partial charge in [-0.05, 0) is 97.1 Å². The Balaban J connectivity index is 1.24. The Hall–Kier alpha value is -2.19. The highest BCUT2D eigenvalue weighted by atomic mass is 35.5. The molecule has 3 heteroatoms. The molecule has 0 bridgehead atoms. The lowest BCUT2D eigenvalue weighted by Gasteiger charge is -2.29. The minimum absolute atomic E-state index is 0.235. The van der Waals surface area contributed by atoms with Crippen molar-refractivity contribution in [3.05, 3.63) is 106 Å². The predicted octanol–water partition coefficient (Wildman–Crippen LogP) is 8.87. The van der Waals surface area contributed by atoms with Gasteiger partial charge in [0.15, 0.2) is 0 Å². The first-order valence-electron chi connectivity index (χ1n) is 11.8. The third-order valence-corrected chi connectivity index (χ3v) is 7.46. The van der Waals surface area contributed by atoms with Gasteiger partial charge in [0.25, 0.3) is 0 Å². The van der Waals surface area contributed by atoms with Crippen molar-refractivity contribution in [2.24, 2.45) is 5.92 Å². The van der Waals surface area contributed by atoms with Gasteiger partial charge in [-0.3, -0.25) is 0 Å². The fourth-order valence-corrected chi connectivity index (χ4v) is 5.17. The maximum absolute atomic E-state index is 13.8. The van der Waals surface area contributed by atoms with E-state index in [0.717, 1.165) is 44.1 Å².